The quantitative estimate of drug-likeness (QED) is 0.818. The van der Waals surface area contributed by atoms with Crippen molar-refractivity contribution in [1.29, 1.82) is 0 Å². The summed E-state index contributed by atoms with van der Waals surface area (Å²) >= 11 is 0. The summed E-state index contributed by atoms with van der Waals surface area (Å²) in [6, 6.07) is 1.77. The summed E-state index contributed by atoms with van der Waals surface area (Å²) in [7, 11) is 0. The molecule has 2 aromatic rings. The lowest BCUT2D eigenvalue weighted by Gasteiger charge is -2.35. The van der Waals surface area contributed by atoms with Crippen LogP contribution in [0.5, 0.6) is 0 Å². The van der Waals surface area contributed by atoms with Gasteiger partial charge in [0, 0.05) is 45.1 Å². The molecule has 0 aromatic carbocycles. The van der Waals surface area contributed by atoms with Crippen LogP contribution in [0.4, 0.5) is 13.2 Å². The Hall–Kier alpha value is -2.46. The van der Waals surface area contributed by atoms with Crippen molar-refractivity contribution in [1.82, 2.24) is 30.3 Å². The molecule has 1 aliphatic heterocycles. The zero-order valence-corrected chi connectivity index (χ0v) is 13.9. The Balaban J connectivity index is 1.64. The summed E-state index contributed by atoms with van der Waals surface area (Å²) < 4.78 is 41.5. The van der Waals surface area contributed by atoms with Crippen LogP contribution < -0.4 is 10.6 Å². The van der Waals surface area contributed by atoms with Crippen molar-refractivity contribution in [3.63, 3.8) is 0 Å². The fourth-order valence-corrected chi connectivity index (χ4v) is 2.81. The summed E-state index contributed by atoms with van der Waals surface area (Å²) in [6.07, 6.45) is 1.53. The van der Waals surface area contributed by atoms with Gasteiger partial charge in [-0.15, -0.1) is 0 Å². The molecule has 3 rings (SSSR count). The van der Waals surface area contributed by atoms with Crippen LogP contribution in [0, 0.1) is 0 Å². The molecule has 2 N–H and O–H groups in total. The van der Waals surface area contributed by atoms with Crippen molar-refractivity contribution in [3.05, 3.63) is 42.5 Å². The minimum atomic E-state index is -4.41. The molecule has 0 saturated carbocycles. The van der Waals surface area contributed by atoms with Gasteiger partial charge in [0.1, 0.15) is 6.04 Å². The van der Waals surface area contributed by atoms with E-state index in [2.05, 4.69) is 20.7 Å². The highest BCUT2D eigenvalue weighted by Crippen LogP contribution is 2.24. The fourth-order valence-electron chi connectivity index (χ4n) is 2.81. The third-order valence-corrected chi connectivity index (χ3v) is 4.18. The zero-order valence-electron chi connectivity index (χ0n) is 13.9. The highest BCUT2D eigenvalue weighted by molar-refractivity contribution is 5.93. The largest absolute Gasteiger partial charge is 0.405 e. The Kier molecular flexibility index (Phi) is 5.52. The minimum Gasteiger partial charge on any atom is -0.350 e. The van der Waals surface area contributed by atoms with E-state index in [4.69, 9.17) is 0 Å². The van der Waals surface area contributed by atoms with Crippen molar-refractivity contribution in [2.45, 2.75) is 12.2 Å². The SMILES string of the molecule is O=C(NCC(N1CCNCC1)C(F)(F)F)c1cnn(-c2cccnc2)c1. The van der Waals surface area contributed by atoms with Gasteiger partial charge in [0.05, 0.1) is 23.6 Å². The lowest BCUT2D eigenvalue weighted by atomic mass is 10.2. The van der Waals surface area contributed by atoms with Crippen LogP contribution in [0.1, 0.15) is 10.4 Å². The summed E-state index contributed by atoms with van der Waals surface area (Å²) in [5.41, 5.74) is 0.843. The van der Waals surface area contributed by atoms with E-state index in [1.165, 1.54) is 22.0 Å². The average Bonchev–Trinajstić information content (AvgIpc) is 3.12. The number of pyridine rings is 1. The second-order valence-electron chi connectivity index (χ2n) is 5.94. The van der Waals surface area contributed by atoms with Crippen molar-refractivity contribution >= 4 is 5.91 Å². The van der Waals surface area contributed by atoms with Crippen LogP contribution in [-0.4, -0.2) is 70.5 Å². The van der Waals surface area contributed by atoms with Gasteiger partial charge in [-0.3, -0.25) is 14.7 Å². The van der Waals surface area contributed by atoms with E-state index in [0.717, 1.165) is 0 Å². The molecular weight excluding hydrogens is 349 g/mol. The molecule has 7 nitrogen and oxygen atoms in total. The predicted octanol–water partition coefficient (Wildman–Crippen LogP) is 0.833. The molecular formula is C16H19F3N6O. The smallest absolute Gasteiger partial charge is 0.350 e. The highest BCUT2D eigenvalue weighted by Gasteiger charge is 2.43. The summed E-state index contributed by atoms with van der Waals surface area (Å²) in [4.78, 5) is 17.5. The lowest BCUT2D eigenvalue weighted by molar-refractivity contribution is -0.183. The Bertz CT molecular complexity index is 727. The van der Waals surface area contributed by atoms with E-state index in [1.54, 1.807) is 24.5 Å². The molecule has 0 aliphatic carbocycles. The topological polar surface area (TPSA) is 75.1 Å². The molecule has 0 radical (unpaired) electrons. The molecule has 10 heteroatoms. The lowest BCUT2D eigenvalue weighted by Crippen LogP contribution is -2.57. The molecule has 1 unspecified atom stereocenters. The second-order valence-corrected chi connectivity index (χ2v) is 5.94. The number of rotatable bonds is 5. The molecule has 0 spiro atoms. The molecule has 3 heterocycles. The number of carbonyl (C=O) groups excluding carboxylic acids is 1. The Morgan fingerprint density at radius 3 is 2.73 bits per heavy atom. The van der Waals surface area contributed by atoms with Gasteiger partial charge in [-0.2, -0.15) is 18.3 Å². The molecule has 1 fully saturated rings. The second kappa shape index (κ2) is 7.83. The number of nitrogens with one attached hydrogen (secondary N) is 2. The maximum absolute atomic E-state index is 13.3. The van der Waals surface area contributed by atoms with E-state index < -0.39 is 24.7 Å². The standard InChI is InChI=1S/C16H19F3N6O/c17-16(18,19)14(24-6-4-20-5-7-24)10-22-15(26)12-8-23-25(11-12)13-2-1-3-21-9-13/h1-3,8-9,11,14,20H,4-7,10H2,(H,22,26). The summed E-state index contributed by atoms with van der Waals surface area (Å²) in [5.74, 6) is -0.593. The first kappa shape index (κ1) is 18.3. The van der Waals surface area contributed by atoms with Gasteiger partial charge in [-0.05, 0) is 12.1 Å². The van der Waals surface area contributed by atoms with Crippen LogP contribution in [0.3, 0.4) is 0 Å². The van der Waals surface area contributed by atoms with E-state index in [9.17, 15) is 18.0 Å². The number of carbonyl (C=O) groups is 1. The summed E-state index contributed by atoms with van der Waals surface area (Å²) in [5, 5.41) is 9.44. The molecule has 1 amide bonds. The predicted molar refractivity (Wildman–Crippen MR) is 88.0 cm³/mol. The maximum atomic E-state index is 13.3. The number of nitrogens with zero attached hydrogens (tertiary/aromatic N) is 4. The van der Waals surface area contributed by atoms with Crippen molar-refractivity contribution in [2.24, 2.45) is 0 Å². The van der Waals surface area contributed by atoms with Gasteiger partial charge >= 0.3 is 6.18 Å². The van der Waals surface area contributed by atoms with E-state index in [1.807, 2.05) is 0 Å². The number of aromatic nitrogens is 3. The van der Waals surface area contributed by atoms with Gasteiger partial charge in [-0.25, -0.2) is 4.68 Å². The first-order valence-corrected chi connectivity index (χ1v) is 8.20. The third-order valence-electron chi connectivity index (χ3n) is 4.18. The van der Waals surface area contributed by atoms with E-state index in [0.29, 0.717) is 31.9 Å². The number of piperazine rings is 1. The van der Waals surface area contributed by atoms with Crippen LogP contribution in [0.15, 0.2) is 36.9 Å². The first-order chi connectivity index (χ1) is 12.4. The Morgan fingerprint density at radius 2 is 2.08 bits per heavy atom. The number of hydrogen-bond acceptors (Lipinski definition) is 5. The number of halogens is 3. The number of amides is 1. The van der Waals surface area contributed by atoms with Crippen molar-refractivity contribution in [3.8, 4) is 5.69 Å². The van der Waals surface area contributed by atoms with Crippen LogP contribution in [0.2, 0.25) is 0 Å². The van der Waals surface area contributed by atoms with E-state index in [-0.39, 0.29) is 5.56 Å². The Morgan fingerprint density at radius 1 is 1.31 bits per heavy atom. The first-order valence-electron chi connectivity index (χ1n) is 8.20. The number of alkyl halides is 3. The monoisotopic (exact) mass is 368 g/mol. The highest BCUT2D eigenvalue weighted by atomic mass is 19.4. The third kappa shape index (κ3) is 4.38. The van der Waals surface area contributed by atoms with Gasteiger partial charge in [0.2, 0.25) is 0 Å². The normalized spacial score (nSPS) is 17.0. The van der Waals surface area contributed by atoms with Gasteiger partial charge in [0.15, 0.2) is 0 Å². The van der Waals surface area contributed by atoms with Crippen molar-refractivity contribution in [2.75, 3.05) is 32.7 Å². The molecule has 26 heavy (non-hydrogen) atoms. The number of hydrogen-bond donors (Lipinski definition) is 2. The van der Waals surface area contributed by atoms with Gasteiger partial charge in [-0.1, -0.05) is 0 Å². The molecule has 1 aliphatic rings. The molecule has 2 aromatic heterocycles. The van der Waals surface area contributed by atoms with E-state index >= 15 is 0 Å². The average molecular weight is 368 g/mol. The maximum Gasteiger partial charge on any atom is 0.405 e. The molecule has 1 atom stereocenters. The van der Waals surface area contributed by atoms with Crippen LogP contribution in [0.25, 0.3) is 5.69 Å². The molecule has 1 saturated heterocycles. The molecule has 0 bridgehead atoms. The minimum absolute atomic E-state index is 0.190. The Labute approximate surface area is 148 Å². The molecule has 140 valence electrons. The van der Waals surface area contributed by atoms with Crippen LogP contribution in [-0.2, 0) is 0 Å². The van der Waals surface area contributed by atoms with Gasteiger partial charge < -0.3 is 10.6 Å². The summed E-state index contributed by atoms with van der Waals surface area (Å²) in [6.45, 7) is 1.08. The zero-order chi connectivity index (χ0) is 18.6. The van der Waals surface area contributed by atoms with Gasteiger partial charge in [0.25, 0.3) is 5.91 Å². The fraction of sp³-hybridized carbons (Fsp3) is 0.438. The van der Waals surface area contributed by atoms with Crippen LogP contribution >= 0.6 is 0 Å². The van der Waals surface area contributed by atoms with Crippen molar-refractivity contribution < 1.29 is 18.0 Å².